The lowest BCUT2D eigenvalue weighted by Crippen LogP contribution is -2.12. The van der Waals surface area contributed by atoms with Crippen LogP contribution in [0.5, 0.6) is 0 Å². The number of nitrogens with zero attached hydrogens (tertiary/aromatic N) is 1. The van der Waals surface area contributed by atoms with Crippen LogP contribution in [0.25, 0.3) is 0 Å². The minimum absolute atomic E-state index is 0. The summed E-state index contributed by atoms with van der Waals surface area (Å²) in [6, 6.07) is 0.277. The number of rotatable bonds is 3. The zero-order valence-electron chi connectivity index (χ0n) is 7.78. The SMILES string of the molecule is C=CC(C)SC(N)=NC(C)C.Cl. The van der Waals surface area contributed by atoms with Crippen LogP contribution in [0, 0.1) is 0 Å². The van der Waals surface area contributed by atoms with Crippen LogP contribution in [0.1, 0.15) is 20.8 Å². The highest BCUT2D eigenvalue weighted by atomic mass is 35.5. The predicted molar refractivity (Wildman–Crippen MR) is 61.3 cm³/mol. The van der Waals surface area contributed by atoms with Gasteiger partial charge in [0.05, 0.1) is 0 Å². The van der Waals surface area contributed by atoms with Crippen LogP contribution in [0.15, 0.2) is 17.6 Å². The van der Waals surface area contributed by atoms with Gasteiger partial charge < -0.3 is 5.73 Å². The van der Waals surface area contributed by atoms with Gasteiger partial charge in [0.1, 0.15) is 0 Å². The quantitative estimate of drug-likeness (QED) is 0.440. The molecule has 0 radical (unpaired) electrons. The molecule has 12 heavy (non-hydrogen) atoms. The molecule has 0 saturated carbocycles. The lowest BCUT2D eigenvalue weighted by molar-refractivity contribution is 0.838. The third kappa shape index (κ3) is 7.95. The van der Waals surface area contributed by atoms with E-state index in [0.717, 1.165) is 0 Å². The highest BCUT2D eigenvalue weighted by Crippen LogP contribution is 2.10. The largest absolute Gasteiger partial charge is 0.379 e. The smallest absolute Gasteiger partial charge is 0.154 e. The summed E-state index contributed by atoms with van der Waals surface area (Å²) in [6.07, 6.45) is 1.85. The fourth-order valence-corrected chi connectivity index (χ4v) is 1.27. The van der Waals surface area contributed by atoms with Gasteiger partial charge in [0.25, 0.3) is 0 Å². The van der Waals surface area contributed by atoms with Crippen LogP contribution in [0.2, 0.25) is 0 Å². The van der Waals surface area contributed by atoms with Crippen molar-refractivity contribution in [3.63, 3.8) is 0 Å². The van der Waals surface area contributed by atoms with E-state index in [-0.39, 0.29) is 18.4 Å². The molecule has 1 unspecified atom stereocenters. The van der Waals surface area contributed by atoms with Crippen molar-refractivity contribution in [2.24, 2.45) is 10.7 Å². The van der Waals surface area contributed by atoms with Crippen LogP contribution in [0.3, 0.4) is 0 Å². The second kappa shape index (κ2) is 7.50. The Labute approximate surface area is 85.1 Å². The standard InChI is InChI=1S/C8H16N2S.ClH/c1-5-7(4)11-8(9)10-6(2)3;/h5-7H,1H2,2-4H3,(H2,9,10);1H. The van der Waals surface area contributed by atoms with Gasteiger partial charge in [0, 0.05) is 11.3 Å². The Morgan fingerprint density at radius 1 is 1.50 bits per heavy atom. The van der Waals surface area contributed by atoms with Gasteiger partial charge in [0.15, 0.2) is 5.17 Å². The first-order valence-electron chi connectivity index (χ1n) is 3.68. The molecular formula is C8H17ClN2S. The highest BCUT2D eigenvalue weighted by molar-refractivity contribution is 8.14. The Bertz CT molecular complexity index is 157. The summed E-state index contributed by atoms with van der Waals surface area (Å²) in [5.41, 5.74) is 5.62. The molecule has 0 fully saturated rings. The van der Waals surface area contributed by atoms with Crippen molar-refractivity contribution >= 4 is 29.3 Å². The Balaban J connectivity index is 0. The van der Waals surface area contributed by atoms with Crippen molar-refractivity contribution in [2.75, 3.05) is 0 Å². The van der Waals surface area contributed by atoms with Gasteiger partial charge in [-0.05, 0) is 20.8 Å². The summed E-state index contributed by atoms with van der Waals surface area (Å²) in [7, 11) is 0. The summed E-state index contributed by atoms with van der Waals surface area (Å²) in [6.45, 7) is 9.72. The summed E-state index contributed by atoms with van der Waals surface area (Å²) in [4.78, 5) is 4.17. The lowest BCUT2D eigenvalue weighted by atomic mass is 10.4. The fourth-order valence-electron chi connectivity index (χ4n) is 0.523. The van der Waals surface area contributed by atoms with E-state index < -0.39 is 0 Å². The van der Waals surface area contributed by atoms with E-state index in [1.165, 1.54) is 11.8 Å². The maximum atomic E-state index is 5.62. The van der Waals surface area contributed by atoms with Gasteiger partial charge in [-0.2, -0.15) is 0 Å². The molecule has 0 heterocycles. The molecule has 72 valence electrons. The molecular weight excluding hydrogens is 192 g/mol. The van der Waals surface area contributed by atoms with Crippen LogP contribution in [-0.4, -0.2) is 16.5 Å². The van der Waals surface area contributed by atoms with E-state index in [0.29, 0.717) is 10.4 Å². The number of aliphatic imine (C=N–C) groups is 1. The van der Waals surface area contributed by atoms with Gasteiger partial charge in [-0.25, -0.2) is 0 Å². The van der Waals surface area contributed by atoms with Crippen molar-refractivity contribution in [3.8, 4) is 0 Å². The third-order valence-electron chi connectivity index (χ3n) is 1.02. The molecule has 0 amide bonds. The van der Waals surface area contributed by atoms with Crippen LogP contribution < -0.4 is 5.73 Å². The van der Waals surface area contributed by atoms with Crippen molar-refractivity contribution in [3.05, 3.63) is 12.7 Å². The van der Waals surface area contributed by atoms with Crippen molar-refractivity contribution in [1.82, 2.24) is 0 Å². The summed E-state index contributed by atoms with van der Waals surface area (Å²) < 4.78 is 0. The molecule has 1 atom stereocenters. The molecule has 0 aliphatic heterocycles. The lowest BCUT2D eigenvalue weighted by Gasteiger charge is -2.05. The fraction of sp³-hybridized carbons (Fsp3) is 0.625. The molecule has 0 rings (SSSR count). The van der Waals surface area contributed by atoms with Crippen molar-refractivity contribution in [2.45, 2.75) is 32.1 Å². The zero-order valence-corrected chi connectivity index (χ0v) is 9.41. The molecule has 2 N–H and O–H groups in total. The second-order valence-corrected chi connectivity index (χ2v) is 4.02. The van der Waals surface area contributed by atoms with E-state index >= 15 is 0 Å². The second-order valence-electron chi connectivity index (χ2n) is 2.62. The van der Waals surface area contributed by atoms with E-state index in [1.54, 1.807) is 0 Å². The number of hydrogen-bond acceptors (Lipinski definition) is 2. The normalized spacial score (nSPS) is 13.8. The topological polar surface area (TPSA) is 38.4 Å². The molecule has 0 bridgehead atoms. The Kier molecular flexibility index (Phi) is 8.98. The number of thioether (sulfide) groups is 1. The molecule has 4 heteroatoms. The molecule has 0 aromatic heterocycles. The molecule has 0 aromatic carbocycles. The van der Waals surface area contributed by atoms with E-state index in [9.17, 15) is 0 Å². The van der Waals surface area contributed by atoms with E-state index in [1.807, 2.05) is 26.8 Å². The van der Waals surface area contributed by atoms with Gasteiger partial charge >= 0.3 is 0 Å². The molecule has 0 aromatic rings. The summed E-state index contributed by atoms with van der Waals surface area (Å²) >= 11 is 1.54. The van der Waals surface area contributed by atoms with E-state index in [2.05, 4.69) is 11.6 Å². The van der Waals surface area contributed by atoms with Gasteiger partial charge in [-0.1, -0.05) is 17.8 Å². The van der Waals surface area contributed by atoms with Crippen molar-refractivity contribution in [1.29, 1.82) is 0 Å². The Hall–Kier alpha value is -0.150. The average molecular weight is 209 g/mol. The molecule has 0 aliphatic rings. The Morgan fingerprint density at radius 3 is 2.33 bits per heavy atom. The van der Waals surface area contributed by atoms with E-state index in [4.69, 9.17) is 5.73 Å². The maximum absolute atomic E-state index is 5.62. The monoisotopic (exact) mass is 208 g/mol. The summed E-state index contributed by atoms with van der Waals surface area (Å²) in [5, 5.41) is 0.991. The maximum Gasteiger partial charge on any atom is 0.154 e. The third-order valence-corrected chi connectivity index (χ3v) is 1.94. The molecule has 0 aliphatic carbocycles. The number of halogens is 1. The van der Waals surface area contributed by atoms with Crippen LogP contribution in [-0.2, 0) is 0 Å². The van der Waals surface area contributed by atoms with Gasteiger partial charge in [-0.15, -0.1) is 19.0 Å². The zero-order chi connectivity index (χ0) is 8.85. The highest BCUT2D eigenvalue weighted by Gasteiger charge is 2.00. The summed E-state index contributed by atoms with van der Waals surface area (Å²) in [5.74, 6) is 0. The minimum Gasteiger partial charge on any atom is -0.379 e. The van der Waals surface area contributed by atoms with Crippen LogP contribution in [0.4, 0.5) is 0 Å². The minimum atomic E-state index is 0. The van der Waals surface area contributed by atoms with Crippen molar-refractivity contribution < 1.29 is 0 Å². The molecule has 0 saturated heterocycles. The first-order valence-corrected chi connectivity index (χ1v) is 4.56. The Morgan fingerprint density at radius 2 is 2.00 bits per heavy atom. The molecule has 2 nitrogen and oxygen atoms in total. The molecule has 0 spiro atoms. The predicted octanol–water partition coefficient (Wildman–Crippen LogP) is 2.44. The van der Waals surface area contributed by atoms with Crippen LogP contribution >= 0.6 is 24.2 Å². The number of amidine groups is 1. The first-order chi connectivity index (χ1) is 5.06. The number of hydrogen-bond donors (Lipinski definition) is 1. The van der Waals surface area contributed by atoms with Gasteiger partial charge in [-0.3, -0.25) is 4.99 Å². The number of nitrogens with two attached hydrogens (primary N) is 1. The van der Waals surface area contributed by atoms with Gasteiger partial charge in [0.2, 0.25) is 0 Å². The average Bonchev–Trinajstić information content (AvgIpc) is 1.85. The first kappa shape index (κ1) is 14.4.